The number of nitrogens with one attached hydrogen (secondary N) is 1. The molecular weight excluding hydrogens is 492 g/mol. The number of Topliss-reactive ketones (excluding diaryl/α,β-unsaturated/α-hetero) is 1. The number of thiazole rings is 1. The topological polar surface area (TPSA) is 109 Å². The molecule has 0 amide bonds. The van der Waals surface area contributed by atoms with Crippen LogP contribution in [0, 0.1) is 18.3 Å². The van der Waals surface area contributed by atoms with Crippen molar-refractivity contribution < 1.29 is 9.53 Å². The van der Waals surface area contributed by atoms with Crippen LogP contribution in [0.4, 0.5) is 0 Å². The van der Waals surface area contributed by atoms with Crippen LogP contribution >= 0.6 is 34.7 Å². The van der Waals surface area contributed by atoms with Crippen molar-refractivity contribution in [1.82, 2.24) is 15.0 Å². The fraction of sp³-hybridized carbons (Fsp3) is 0.125. The average molecular weight is 509 g/mol. The number of hydrogen-bond acceptors (Lipinski definition) is 8. The molecule has 0 fully saturated rings. The molecule has 0 atom stereocenters. The largest absolute Gasteiger partial charge is 0.497 e. The summed E-state index contributed by atoms with van der Waals surface area (Å²) in [5.74, 6) is 0.673. The van der Waals surface area contributed by atoms with E-state index < -0.39 is 5.56 Å². The first-order valence-electron chi connectivity index (χ1n) is 9.97. The van der Waals surface area contributed by atoms with Crippen LogP contribution in [-0.4, -0.2) is 33.6 Å². The Balaban J connectivity index is 1.55. The molecule has 34 heavy (non-hydrogen) atoms. The summed E-state index contributed by atoms with van der Waals surface area (Å²) in [5.41, 5.74) is 1.71. The summed E-state index contributed by atoms with van der Waals surface area (Å²) in [6, 6.07) is 16.1. The maximum absolute atomic E-state index is 12.9. The summed E-state index contributed by atoms with van der Waals surface area (Å²) in [6.07, 6.45) is 0. The summed E-state index contributed by atoms with van der Waals surface area (Å²) in [7, 11) is 1.60. The first kappa shape index (κ1) is 23.7. The third kappa shape index (κ3) is 5.04. The predicted molar refractivity (Wildman–Crippen MR) is 134 cm³/mol. The number of hydrogen-bond donors (Lipinski definition) is 1. The molecule has 7 nitrogen and oxygen atoms in total. The number of nitriles is 1. The number of nitrogens with zero attached hydrogens (tertiary/aromatic N) is 3. The summed E-state index contributed by atoms with van der Waals surface area (Å²) in [4.78, 5) is 37.5. The van der Waals surface area contributed by atoms with Gasteiger partial charge in [0, 0.05) is 16.1 Å². The Morgan fingerprint density at radius 1 is 1.15 bits per heavy atom. The molecule has 4 aromatic rings. The van der Waals surface area contributed by atoms with Crippen LogP contribution in [0.5, 0.6) is 5.75 Å². The highest BCUT2D eigenvalue weighted by Gasteiger charge is 2.19. The Kier molecular flexibility index (Phi) is 7.12. The number of methoxy groups -OCH3 is 1. The molecule has 0 radical (unpaired) electrons. The number of H-pyrrole nitrogens is 1. The van der Waals surface area contributed by atoms with Crippen molar-refractivity contribution in [1.29, 1.82) is 5.26 Å². The maximum Gasteiger partial charge on any atom is 0.270 e. The molecule has 10 heteroatoms. The fourth-order valence-corrected chi connectivity index (χ4v) is 5.11. The van der Waals surface area contributed by atoms with Crippen LogP contribution in [-0.2, 0) is 0 Å². The van der Waals surface area contributed by atoms with Gasteiger partial charge >= 0.3 is 0 Å². The summed E-state index contributed by atoms with van der Waals surface area (Å²) in [6.45, 7) is 1.79. The number of carbonyl (C=O) groups is 1. The fourth-order valence-electron chi connectivity index (χ4n) is 3.15. The first-order valence-corrected chi connectivity index (χ1v) is 12.2. The number of aromatic amines is 1. The van der Waals surface area contributed by atoms with Crippen molar-refractivity contribution in [3.05, 3.63) is 80.0 Å². The van der Waals surface area contributed by atoms with E-state index in [4.69, 9.17) is 16.3 Å². The van der Waals surface area contributed by atoms with Crippen LogP contribution in [0.1, 0.15) is 20.9 Å². The second-order valence-electron chi connectivity index (χ2n) is 7.09. The highest BCUT2D eigenvalue weighted by molar-refractivity contribution is 7.99. The van der Waals surface area contributed by atoms with E-state index in [1.54, 1.807) is 38.3 Å². The van der Waals surface area contributed by atoms with Crippen molar-refractivity contribution in [2.24, 2.45) is 0 Å². The van der Waals surface area contributed by atoms with Crippen LogP contribution in [0.3, 0.4) is 0 Å². The molecule has 4 rings (SSSR count). The lowest BCUT2D eigenvalue weighted by Gasteiger charge is -2.06. The van der Waals surface area contributed by atoms with E-state index in [9.17, 15) is 14.9 Å². The third-order valence-corrected chi connectivity index (χ3v) is 7.23. The summed E-state index contributed by atoms with van der Waals surface area (Å²) in [5, 5.41) is 10.9. The minimum absolute atomic E-state index is 0.0555. The SMILES string of the molecule is COc1ccc(-c2nc(C)c(C(=O)CSc3nc(-c4ccc(Cl)cc4)c(C#N)c(=O)[nH]3)s2)cc1. The average Bonchev–Trinajstić information content (AvgIpc) is 3.24. The van der Waals surface area contributed by atoms with E-state index in [1.807, 2.05) is 30.3 Å². The number of benzene rings is 2. The van der Waals surface area contributed by atoms with Gasteiger partial charge in [0.15, 0.2) is 10.9 Å². The molecular formula is C24H17ClN4O3S2. The van der Waals surface area contributed by atoms with Gasteiger partial charge in [-0.1, -0.05) is 35.5 Å². The normalized spacial score (nSPS) is 10.6. The number of ketones is 1. The highest BCUT2D eigenvalue weighted by atomic mass is 35.5. The van der Waals surface area contributed by atoms with Crippen molar-refractivity contribution in [2.75, 3.05) is 12.9 Å². The standard InChI is InChI=1S/C24H17ClN4O3S2/c1-13-21(34-23(27-13)15-5-9-17(32-2)10-6-15)19(30)12-33-24-28-20(18(11-26)22(31)29-24)14-3-7-16(25)8-4-14/h3-10H,12H2,1-2H3,(H,28,29,31). The summed E-state index contributed by atoms with van der Waals surface area (Å²) < 4.78 is 5.18. The van der Waals surface area contributed by atoms with Crippen molar-refractivity contribution >= 4 is 40.5 Å². The number of carbonyl (C=O) groups excluding carboxylic acids is 1. The van der Waals surface area contributed by atoms with E-state index in [0.29, 0.717) is 21.2 Å². The Bertz CT molecular complexity index is 1460. The molecule has 170 valence electrons. The van der Waals surface area contributed by atoms with Gasteiger partial charge in [-0.25, -0.2) is 9.97 Å². The monoisotopic (exact) mass is 508 g/mol. The zero-order valence-electron chi connectivity index (χ0n) is 18.1. The molecule has 2 aromatic heterocycles. The van der Waals surface area contributed by atoms with Gasteiger partial charge in [0.05, 0.1) is 29.1 Å². The number of rotatable bonds is 7. The van der Waals surface area contributed by atoms with Gasteiger partial charge in [-0.05, 0) is 43.3 Å². The summed E-state index contributed by atoms with van der Waals surface area (Å²) >= 11 is 8.36. The minimum atomic E-state index is -0.562. The number of halogens is 1. The van der Waals surface area contributed by atoms with Crippen molar-refractivity contribution in [3.63, 3.8) is 0 Å². The van der Waals surface area contributed by atoms with Gasteiger partial charge in [0.1, 0.15) is 22.4 Å². The van der Waals surface area contributed by atoms with Crippen molar-refractivity contribution in [3.8, 4) is 33.6 Å². The molecule has 2 aromatic carbocycles. The zero-order chi connectivity index (χ0) is 24.2. The Hall–Kier alpha value is -3.45. The quantitative estimate of drug-likeness (QED) is 0.203. The Morgan fingerprint density at radius 3 is 2.47 bits per heavy atom. The number of aromatic nitrogens is 3. The Labute approximate surface area is 208 Å². The van der Waals surface area contributed by atoms with E-state index in [2.05, 4.69) is 15.0 Å². The maximum atomic E-state index is 12.9. The van der Waals surface area contributed by atoms with E-state index in [0.717, 1.165) is 28.1 Å². The predicted octanol–water partition coefficient (Wildman–Crippen LogP) is 5.38. The lowest BCUT2D eigenvalue weighted by atomic mass is 10.1. The smallest absolute Gasteiger partial charge is 0.270 e. The van der Waals surface area contributed by atoms with Crippen molar-refractivity contribution in [2.45, 2.75) is 12.1 Å². The number of aryl methyl sites for hydroxylation is 1. The van der Waals surface area contributed by atoms with Crippen LogP contribution in [0.15, 0.2) is 58.5 Å². The molecule has 0 bridgehead atoms. The zero-order valence-corrected chi connectivity index (χ0v) is 20.5. The molecule has 0 aliphatic carbocycles. The van der Waals surface area contributed by atoms with E-state index in [1.165, 1.54) is 11.3 Å². The van der Waals surface area contributed by atoms with Crippen LogP contribution in [0.2, 0.25) is 5.02 Å². The molecule has 0 saturated carbocycles. The van der Waals surface area contributed by atoms with E-state index in [-0.39, 0.29) is 27.9 Å². The molecule has 0 spiro atoms. The molecule has 2 heterocycles. The van der Waals surface area contributed by atoms with E-state index >= 15 is 0 Å². The minimum Gasteiger partial charge on any atom is -0.497 e. The van der Waals surface area contributed by atoms with Gasteiger partial charge in [0.25, 0.3) is 5.56 Å². The molecule has 0 aliphatic rings. The lowest BCUT2D eigenvalue weighted by Crippen LogP contribution is -2.15. The molecule has 0 unspecified atom stereocenters. The number of thioether (sulfide) groups is 1. The first-order chi connectivity index (χ1) is 16.4. The van der Waals surface area contributed by atoms with Crippen LogP contribution in [0.25, 0.3) is 21.8 Å². The second kappa shape index (κ2) is 10.2. The van der Waals surface area contributed by atoms with Gasteiger partial charge in [-0.2, -0.15) is 5.26 Å². The van der Waals surface area contributed by atoms with Gasteiger partial charge in [-0.3, -0.25) is 9.59 Å². The molecule has 0 aliphatic heterocycles. The molecule has 1 N–H and O–H groups in total. The number of ether oxygens (including phenoxy) is 1. The van der Waals surface area contributed by atoms with Crippen LogP contribution < -0.4 is 10.3 Å². The highest BCUT2D eigenvalue weighted by Crippen LogP contribution is 2.31. The third-order valence-electron chi connectivity index (χ3n) is 4.85. The lowest BCUT2D eigenvalue weighted by molar-refractivity contribution is 0.102. The Morgan fingerprint density at radius 2 is 1.82 bits per heavy atom. The van der Waals surface area contributed by atoms with Gasteiger partial charge in [-0.15, -0.1) is 11.3 Å². The van der Waals surface area contributed by atoms with Gasteiger partial charge in [0.2, 0.25) is 0 Å². The second-order valence-corrected chi connectivity index (χ2v) is 9.49. The molecule has 0 saturated heterocycles. The van der Waals surface area contributed by atoms with Gasteiger partial charge < -0.3 is 9.72 Å².